The van der Waals surface area contributed by atoms with Crippen molar-refractivity contribution in [1.82, 2.24) is 0 Å². The van der Waals surface area contributed by atoms with Crippen molar-refractivity contribution in [2.75, 3.05) is 11.5 Å². The van der Waals surface area contributed by atoms with Gasteiger partial charge in [-0.25, -0.2) is 9.29 Å². The molecule has 0 bridgehead atoms. The molecule has 35 heavy (non-hydrogen) atoms. The molecule has 0 aliphatic carbocycles. The number of rotatable bonds is 8. The number of amides is 2. The molecule has 1 aliphatic heterocycles. The molecule has 0 aromatic heterocycles. The van der Waals surface area contributed by atoms with Gasteiger partial charge in [0.05, 0.1) is 29.3 Å². The maximum atomic E-state index is 15.1. The van der Waals surface area contributed by atoms with Crippen LogP contribution in [0.1, 0.15) is 52.5 Å². The molecule has 1 N–H and O–H groups in total. The largest absolute Gasteiger partial charge is 0.492 e. The second-order valence-electron chi connectivity index (χ2n) is 7.72. The Labute approximate surface area is 197 Å². The lowest BCUT2D eigenvalue weighted by Gasteiger charge is -2.17. The van der Waals surface area contributed by atoms with Gasteiger partial charge in [0, 0.05) is 10.8 Å². The summed E-state index contributed by atoms with van der Waals surface area (Å²) in [7, 11) is 0. The molecule has 182 valence electrons. The Bertz CT molecular complexity index is 1360. The minimum atomic E-state index is -3.30. The van der Waals surface area contributed by atoms with E-state index >= 15 is 4.39 Å². The first-order chi connectivity index (χ1) is 16.7. The van der Waals surface area contributed by atoms with Gasteiger partial charge in [0.25, 0.3) is 11.8 Å². The van der Waals surface area contributed by atoms with Gasteiger partial charge in [-0.1, -0.05) is 37.3 Å². The number of halogens is 3. The van der Waals surface area contributed by atoms with Gasteiger partial charge < -0.3 is 14.6 Å². The maximum Gasteiger partial charge on any atom is 0.387 e. The van der Waals surface area contributed by atoms with Gasteiger partial charge in [-0.15, -0.1) is 0 Å². The number of anilines is 1. The van der Waals surface area contributed by atoms with E-state index < -0.39 is 53.1 Å². The summed E-state index contributed by atoms with van der Waals surface area (Å²) in [5, 5.41) is 9.75. The van der Waals surface area contributed by atoms with E-state index in [0.717, 1.165) is 12.1 Å². The molecular weight excluding hydrogens is 467 g/mol. The minimum absolute atomic E-state index is 0.00508. The van der Waals surface area contributed by atoms with E-state index in [9.17, 15) is 28.3 Å². The first-order valence-corrected chi connectivity index (χ1v) is 10.8. The highest BCUT2D eigenvalue weighted by molar-refractivity contribution is 6.38. The first-order valence-electron chi connectivity index (χ1n) is 10.8. The zero-order chi connectivity index (χ0) is 25.4. The molecule has 0 spiro atoms. The number of carbonyl (C=O) groups is 3. The van der Waals surface area contributed by atoms with Crippen LogP contribution in [0.4, 0.5) is 18.9 Å². The lowest BCUT2D eigenvalue weighted by atomic mass is 9.96. The Morgan fingerprint density at radius 2 is 1.60 bits per heavy atom. The number of nitrogens with zero attached hydrogens (tertiary/aromatic N) is 1. The Morgan fingerprint density at radius 3 is 2.11 bits per heavy atom. The molecule has 7 nitrogen and oxygen atoms in total. The van der Waals surface area contributed by atoms with Gasteiger partial charge in [-0.2, -0.15) is 8.78 Å². The Kier molecular flexibility index (Phi) is 6.38. The number of fused-ring (bicyclic) bond motifs is 2. The molecule has 0 saturated heterocycles. The van der Waals surface area contributed by atoms with Crippen LogP contribution in [-0.4, -0.2) is 36.1 Å². The fraction of sp³-hybridized carbons (Fsp3) is 0.240. The number of carboxylic acids is 1. The van der Waals surface area contributed by atoms with Crippen LogP contribution >= 0.6 is 0 Å². The summed E-state index contributed by atoms with van der Waals surface area (Å²) in [6.07, 6.45) is 0.194. The van der Waals surface area contributed by atoms with Crippen LogP contribution in [0.2, 0.25) is 0 Å². The van der Waals surface area contributed by atoms with E-state index in [1.807, 2.05) is 0 Å². The van der Waals surface area contributed by atoms with Gasteiger partial charge in [-0.3, -0.25) is 14.4 Å². The Hall–Kier alpha value is -4.08. The molecule has 1 atom stereocenters. The molecule has 1 aliphatic rings. The normalized spacial score (nSPS) is 13.9. The van der Waals surface area contributed by atoms with Gasteiger partial charge in [0.1, 0.15) is 17.3 Å². The Morgan fingerprint density at radius 1 is 1.00 bits per heavy atom. The third-order valence-corrected chi connectivity index (χ3v) is 5.77. The van der Waals surface area contributed by atoms with Crippen LogP contribution < -0.4 is 14.4 Å². The molecule has 0 saturated carbocycles. The van der Waals surface area contributed by atoms with Crippen molar-refractivity contribution in [1.29, 1.82) is 0 Å². The molecule has 1 unspecified atom stereocenters. The topological polar surface area (TPSA) is 93.1 Å². The number of hydrogen-bond donors (Lipinski definition) is 1. The average Bonchev–Trinajstić information content (AvgIpc) is 3.06. The average molecular weight is 487 g/mol. The molecule has 3 aromatic rings. The lowest BCUT2D eigenvalue weighted by molar-refractivity contribution is -0.138. The fourth-order valence-corrected chi connectivity index (χ4v) is 4.30. The number of hydrogen-bond acceptors (Lipinski definition) is 5. The molecule has 0 fully saturated rings. The first kappa shape index (κ1) is 24.1. The summed E-state index contributed by atoms with van der Waals surface area (Å²) < 4.78 is 52.1. The van der Waals surface area contributed by atoms with Crippen molar-refractivity contribution in [2.45, 2.75) is 32.8 Å². The number of aliphatic carboxylic acids is 1. The number of carboxylic acid groups (broad SMARTS) is 1. The van der Waals surface area contributed by atoms with E-state index in [4.69, 9.17) is 4.74 Å². The number of carbonyl (C=O) groups excluding carboxylic acids is 2. The lowest BCUT2D eigenvalue weighted by Crippen LogP contribution is -2.30. The van der Waals surface area contributed by atoms with Crippen LogP contribution in [0.3, 0.4) is 0 Å². The third-order valence-electron chi connectivity index (χ3n) is 5.77. The quantitative estimate of drug-likeness (QED) is 0.430. The maximum absolute atomic E-state index is 15.1. The highest BCUT2D eigenvalue weighted by Gasteiger charge is 2.45. The van der Waals surface area contributed by atoms with Crippen LogP contribution in [0.15, 0.2) is 42.5 Å². The van der Waals surface area contributed by atoms with Gasteiger partial charge in [0.2, 0.25) is 0 Å². The van der Waals surface area contributed by atoms with Crippen molar-refractivity contribution >= 4 is 34.2 Å². The van der Waals surface area contributed by atoms with Crippen LogP contribution in [0.25, 0.3) is 10.8 Å². The van der Waals surface area contributed by atoms with E-state index in [1.54, 1.807) is 26.0 Å². The molecule has 3 aromatic carbocycles. The van der Waals surface area contributed by atoms with Crippen molar-refractivity contribution in [3.63, 3.8) is 0 Å². The van der Waals surface area contributed by atoms with Crippen molar-refractivity contribution in [3.05, 3.63) is 65.0 Å². The van der Waals surface area contributed by atoms with E-state index in [0.29, 0.717) is 4.90 Å². The summed E-state index contributed by atoms with van der Waals surface area (Å²) in [5.41, 5.74) is -1.07. The number of ether oxygens (including phenoxy) is 2. The van der Waals surface area contributed by atoms with Crippen LogP contribution in [-0.2, 0) is 4.79 Å². The Balaban J connectivity index is 1.93. The van der Waals surface area contributed by atoms with E-state index in [2.05, 4.69) is 4.74 Å². The third kappa shape index (κ3) is 3.94. The second kappa shape index (κ2) is 9.28. The smallest absolute Gasteiger partial charge is 0.387 e. The molecule has 0 radical (unpaired) electrons. The molecule has 2 amide bonds. The van der Waals surface area contributed by atoms with Gasteiger partial charge in [-0.05, 0) is 31.0 Å². The summed E-state index contributed by atoms with van der Waals surface area (Å²) in [5.74, 6) is -5.71. The number of imide groups is 1. The summed E-state index contributed by atoms with van der Waals surface area (Å²) in [6.45, 7) is 0.0767. The monoisotopic (exact) mass is 487 g/mol. The fourth-order valence-electron chi connectivity index (χ4n) is 4.30. The van der Waals surface area contributed by atoms with E-state index in [1.165, 1.54) is 18.2 Å². The van der Waals surface area contributed by atoms with Crippen molar-refractivity contribution in [3.8, 4) is 11.5 Å². The minimum Gasteiger partial charge on any atom is -0.492 e. The van der Waals surface area contributed by atoms with Crippen LogP contribution in [0.5, 0.6) is 11.5 Å². The predicted molar refractivity (Wildman–Crippen MR) is 120 cm³/mol. The number of benzene rings is 3. The predicted octanol–water partition coefficient (Wildman–Crippen LogP) is 5.36. The van der Waals surface area contributed by atoms with Crippen LogP contribution in [0, 0.1) is 5.82 Å². The highest BCUT2D eigenvalue weighted by atomic mass is 19.3. The van der Waals surface area contributed by atoms with Crippen molar-refractivity contribution < 1.29 is 42.1 Å². The molecular formula is C25H20F3NO6. The molecule has 10 heteroatoms. The van der Waals surface area contributed by atoms with Crippen molar-refractivity contribution in [2.24, 2.45) is 0 Å². The SMILES string of the molecule is CCOc1c2c(c(OC(F)F)c3ccccc13)C(=O)N(c1ccc(C(CC)C(=O)O)cc1F)C2=O. The number of alkyl halides is 2. The molecule has 1 heterocycles. The summed E-state index contributed by atoms with van der Waals surface area (Å²) >= 11 is 0. The standard InChI is InChI=1S/C25H20F3NO6/c1-3-13(24(32)33)12-9-10-17(16(26)11-12)29-22(30)18-19(23(29)31)21(35-25(27)28)15-8-6-5-7-14(15)20(18)34-4-2/h5-11,13,25H,3-4H2,1-2H3,(H,32,33). The van der Waals surface area contributed by atoms with Gasteiger partial charge >= 0.3 is 12.6 Å². The summed E-state index contributed by atoms with van der Waals surface area (Å²) in [6, 6.07) is 9.50. The zero-order valence-electron chi connectivity index (χ0n) is 18.7. The van der Waals surface area contributed by atoms with E-state index in [-0.39, 0.29) is 40.7 Å². The summed E-state index contributed by atoms with van der Waals surface area (Å²) in [4.78, 5) is 38.8. The molecule has 4 rings (SSSR count). The zero-order valence-corrected chi connectivity index (χ0v) is 18.7. The highest BCUT2D eigenvalue weighted by Crippen LogP contribution is 2.46. The van der Waals surface area contributed by atoms with Gasteiger partial charge in [0.15, 0.2) is 0 Å². The second-order valence-corrected chi connectivity index (χ2v) is 7.72.